The third-order valence-corrected chi connectivity index (χ3v) is 4.97. The number of thiophene rings is 1. The van der Waals surface area contributed by atoms with Gasteiger partial charge in [-0.2, -0.15) is 4.98 Å². The molecule has 8 heteroatoms. The minimum Gasteiger partial charge on any atom is -0.384 e. The van der Waals surface area contributed by atoms with Crippen LogP contribution in [-0.2, 0) is 4.74 Å². The first kappa shape index (κ1) is 14.6. The smallest absolute Gasteiger partial charge is 0.225 e. The van der Waals surface area contributed by atoms with Crippen molar-refractivity contribution in [3.05, 3.63) is 29.7 Å². The van der Waals surface area contributed by atoms with Gasteiger partial charge in [0.25, 0.3) is 0 Å². The fourth-order valence-corrected chi connectivity index (χ4v) is 3.82. The maximum Gasteiger partial charge on any atom is 0.225 e. The number of nitrogens with two attached hydrogens (primary N) is 1. The van der Waals surface area contributed by atoms with E-state index >= 15 is 0 Å². The topological polar surface area (TPSA) is 77.2 Å². The largest absolute Gasteiger partial charge is 0.384 e. The Balaban J connectivity index is 1.82. The van der Waals surface area contributed by atoms with Gasteiger partial charge in [0.05, 0.1) is 18.6 Å². The van der Waals surface area contributed by atoms with E-state index in [0.29, 0.717) is 19.0 Å². The standard InChI is InChI=1S/C15H14ClN5OS/c16-15-19-13(21-3-5-22-6-4-21)10-7-11(23-14(10)20-15)9-1-2-12(17)18-8-9/h1-2,7-8H,3-6H2,(H2,17,18). The molecule has 1 saturated heterocycles. The average molecular weight is 348 g/mol. The first-order valence-corrected chi connectivity index (χ1v) is 8.42. The van der Waals surface area contributed by atoms with Crippen LogP contribution < -0.4 is 10.6 Å². The molecule has 0 unspecified atom stereocenters. The van der Waals surface area contributed by atoms with Crippen LogP contribution in [0.2, 0.25) is 5.28 Å². The quantitative estimate of drug-likeness (QED) is 0.718. The Morgan fingerprint density at radius 3 is 2.78 bits per heavy atom. The number of nitrogens with zero attached hydrogens (tertiary/aromatic N) is 4. The second-order valence-electron chi connectivity index (χ2n) is 5.22. The van der Waals surface area contributed by atoms with Crippen LogP contribution in [0, 0.1) is 0 Å². The zero-order valence-electron chi connectivity index (χ0n) is 12.2. The molecule has 0 aliphatic carbocycles. The molecule has 0 amide bonds. The number of aromatic nitrogens is 3. The monoisotopic (exact) mass is 347 g/mol. The minimum absolute atomic E-state index is 0.267. The molecule has 0 spiro atoms. The average Bonchev–Trinajstić information content (AvgIpc) is 2.99. The summed E-state index contributed by atoms with van der Waals surface area (Å²) in [5, 5.41) is 1.27. The maximum absolute atomic E-state index is 6.12. The molecule has 1 aliphatic rings. The summed E-state index contributed by atoms with van der Waals surface area (Å²) in [6.45, 7) is 3.00. The number of pyridine rings is 1. The Kier molecular flexibility index (Phi) is 3.76. The number of morpholine rings is 1. The van der Waals surface area contributed by atoms with E-state index in [2.05, 4.69) is 25.9 Å². The van der Waals surface area contributed by atoms with Crippen molar-refractivity contribution in [2.24, 2.45) is 0 Å². The molecule has 1 fully saturated rings. The number of nitrogen functional groups attached to an aromatic ring is 1. The second-order valence-corrected chi connectivity index (χ2v) is 6.59. The third kappa shape index (κ3) is 2.83. The SMILES string of the molecule is Nc1ccc(-c2cc3c(N4CCOCC4)nc(Cl)nc3s2)cn1. The van der Waals surface area contributed by atoms with Crippen molar-refractivity contribution in [2.75, 3.05) is 36.9 Å². The minimum atomic E-state index is 0.267. The number of halogens is 1. The van der Waals surface area contributed by atoms with Crippen LogP contribution in [0.1, 0.15) is 0 Å². The molecule has 1 aliphatic heterocycles. The van der Waals surface area contributed by atoms with Crippen LogP contribution in [0.3, 0.4) is 0 Å². The van der Waals surface area contributed by atoms with Gasteiger partial charge in [0, 0.05) is 29.7 Å². The summed E-state index contributed by atoms with van der Waals surface area (Å²) >= 11 is 7.69. The summed E-state index contributed by atoms with van der Waals surface area (Å²) in [6, 6.07) is 5.84. The van der Waals surface area contributed by atoms with Gasteiger partial charge in [-0.15, -0.1) is 11.3 Å². The molecule has 0 radical (unpaired) electrons. The number of hydrogen-bond donors (Lipinski definition) is 1. The lowest BCUT2D eigenvalue weighted by Crippen LogP contribution is -2.36. The van der Waals surface area contributed by atoms with E-state index < -0.39 is 0 Å². The van der Waals surface area contributed by atoms with E-state index in [0.717, 1.165) is 39.6 Å². The molecule has 0 aromatic carbocycles. The Morgan fingerprint density at radius 2 is 2.04 bits per heavy atom. The number of rotatable bonds is 2. The van der Waals surface area contributed by atoms with Crippen LogP contribution in [0.15, 0.2) is 24.4 Å². The number of hydrogen-bond acceptors (Lipinski definition) is 7. The summed E-state index contributed by atoms with van der Waals surface area (Å²) < 4.78 is 5.41. The molecule has 0 bridgehead atoms. The first-order valence-electron chi connectivity index (χ1n) is 7.22. The highest BCUT2D eigenvalue weighted by atomic mass is 35.5. The summed E-state index contributed by atoms with van der Waals surface area (Å²) in [4.78, 5) is 17.1. The molecule has 4 heterocycles. The molecule has 0 saturated carbocycles. The molecular weight excluding hydrogens is 334 g/mol. The molecule has 0 atom stereocenters. The molecule has 3 aromatic rings. The van der Waals surface area contributed by atoms with E-state index in [1.807, 2.05) is 6.07 Å². The molecule has 2 N–H and O–H groups in total. The molecule has 6 nitrogen and oxygen atoms in total. The van der Waals surface area contributed by atoms with Gasteiger partial charge in [-0.25, -0.2) is 9.97 Å². The van der Waals surface area contributed by atoms with Gasteiger partial charge in [-0.05, 0) is 29.8 Å². The van der Waals surface area contributed by atoms with Gasteiger partial charge in [-0.1, -0.05) is 0 Å². The van der Waals surface area contributed by atoms with E-state index in [4.69, 9.17) is 22.1 Å². The van der Waals surface area contributed by atoms with Crippen LogP contribution in [0.25, 0.3) is 20.7 Å². The van der Waals surface area contributed by atoms with Crippen LogP contribution in [0.5, 0.6) is 0 Å². The van der Waals surface area contributed by atoms with Crippen molar-refractivity contribution in [1.82, 2.24) is 15.0 Å². The first-order chi connectivity index (χ1) is 11.2. The zero-order valence-corrected chi connectivity index (χ0v) is 13.8. The maximum atomic E-state index is 6.12. The Bertz CT molecular complexity index is 845. The second kappa shape index (κ2) is 5.92. The molecule has 23 heavy (non-hydrogen) atoms. The van der Waals surface area contributed by atoms with E-state index in [-0.39, 0.29) is 5.28 Å². The molecular formula is C15H14ClN5OS. The van der Waals surface area contributed by atoms with Crippen molar-refractivity contribution >= 4 is 44.8 Å². The Labute approximate surface area is 141 Å². The number of ether oxygens (including phenoxy) is 1. The fraction of sp³-hybridized carbons (Fsp3) is 0.267. The Morgan fingerprint density at radius 1 is 1.22 bits per heavy atom. The van der Waals surface area contributed by atoms with Crippen molar-refractivity contribution in [3.8, 4) is 10.4 Å². The van der Waals surface area contributed by atoms with Crippen molar-refractivity contribution in [3.63, 3.8) is 0 Å². The third-order valence-electron chi connectivity index (χ3n) is 3.73. The van der Waals surface area contributed by atoms with E-state index in [1.165, 1.54) is 0 Å². The molecule has 4 rings (SSSR count). The predicted molar refractivity (Wildman–Crippen MR) is 93.1 cm³/mol. The normalized spacial score (nSPS) is 15.3. The van der Waals surface area contributed by atoms with Crippen LogP contribution >= 0.6 is 22.9 Å². The van der Waals surface area contributed by atoms with Gasteiger partial charge < -0.3 is 15.4 Å². The fourth-order valence-electron chi connectivity index (χ4n) is 2.59. The Hall–Kier alpha value is -1.96. The van der Waals surface area contributed by atoms with Gasteiger partial charge in [0.1, 0.15) is 16.5 Å². The highest BCUT2D eigenvalue weighted by Gasteiger charge is 2.19. The van der Waals surface area contributed by atoms with Gasteiger partial charge >= 0.3 is 0 Å². The highest BCUT2D eigenvalue weighted by molar-refractivity contribution is 7.22. The number of fused-ring (bicyclic) bond motifs is 1. The molecule has 3 aromatic heterocycles. The summed E-state index contributed by atoms with van der Waals surface area (Å²) in [7, 11) is 0. The van der Waals surface area contributed by atoms with Gasteiger partial charge in [-0.3, -0.25) is 0 Å². The zero-order chi connectivity index (χ0) is 15.8. The lowest BCUT2D eigenvalue weighted by molar-refractivity contribution is 0.122. The van der Waals surface area contributed by atoms with Gasteiger partial charge in [0.2, 0.25) is 5.28 Å². The lowest BCUT2D eigenvalue weighted by Gasteiger charge is -2.28. The lowest BCUT2D eigenvalue weighted by atomic mass is 10.2. The summed E-state index contributed by atoms with van der Waals surface area (Å²) in [6.07, 6.45) is 1.77. The molecule has 118 valence electrons. The van der Waals surface area contributed by atoms with E-state index in [1.54, 1.807) is 23.6 Å². The number of anilines is 2. The van der Waals surface area contributed by atoms with Crippen LogP contribution in [0.4, 0.5) is 11.6 Å². The van der Waals surface area contributed by atoms with Crippen molar-refractivity contribution in [2.45, 2.75) is 0 Å². The van der Waals surface area contributed by atoms with Crippen molar-refractivity contribution < 1.29 is 4.74 Å². The summed E-state index contributed by atoms with van der Waals surface area (Å²) in [5.74, 6) is 1.38. The van der Waals surface area contributed by atoms with Crippen LogP contribution in [-0.4, -0.2) is 41.3 Å². The summed E-state index contributed by atoms with van der Waals surface area (Å²) in [5.41, 5.74) is 6.66. The van der Waals surface area contributed by atoms with Crippen molar-refractivity contribution in [1.29, 1.82) is 0 Å². The highest BCUT2D eigenvalue weighted by Crippen LogP contribution is 2.37. The van der Waals surface area contributed by atoms with Gasteiger partial charge in [0.15, 0.2) is 0 Å². The van der Waals surface area contributed by atoms with E-state index in [9.17, 15) is 0 Å². The predicted octanol–water partition coefficient (Wildman–Crippen LogP) is 2.83.